The van der Waals surface area contributed by atoms with Crippen molar-refractivity contribution in [3.8, 4) is 0 Å². The summed E-state index contributed by atoms with van der Waals surface area (Å²) in [6.07, 6.45) is 6.32. The molecule has 0 heterocycles. The van der Waals surface area contributed by atoms with Crippen molar-refractivity contribution in [2.75, 3.05) is 6.26 Å². The second-order valence-corrected chi connectivity index (χ2v) is 5.67. The monoisotopic (exact) mass is 202 g/mol. The van der Waals surface area contributed by atoms with E-state index >= 15 is 0 Å². The Morgan fingerprint density at radius 3 is 2.38 bits per heavy atom. The first kappa shape index (κ1) is 9.21. The van der Waals surface area contributed by atoms with Crippen molar-refractivity contribution in [1.29, 1.82) is 0 Å². The molecule has 0 saturated heterocycles. The fraction of sp³-hybridized carbons (Fsp3) is 0.778. The highest BCUT2D eigenvalue weighted by Crippen LogP contribution is 2.45. The van der Waals surface area contributed by atoms with Gasteiger partial charge in [-0.25, -0.2) is 0 Å². The van der Waals surface area contributed by atoms with Gasteiger partial charge in [0.15, 0.2) is 0 Å². The first-order valence-electron chi connectivity index (χ1n) is 4.54. The SMILES string of the molecule is CC1C2C=CC(C2)C1OS(C)(=O)=O. The summed E-state index contributed by atoms with van der Waals surface area (Å²) in [5, 5.41) is 0. The van der Waals surface area contributed by atoms with Crippen LogP contribution in [-0.4, -0.2) is 20.8 Å². The molecule has 0 amide bonds. The molecule has 4 atom stereocenters. The molecule has 2 bridgehead atoms. The molecule has 0 radical (unpaired) electrons. The summed E-state index contributed by atoms with van der Waals surface area (Å²) >= 11 is 0. The van der Waals surface area contributed by atoms with Gasteiger partial charge in [-0.1, -0.05) is 19.1 Å². The van der Waals surface area contributed by atoms with Crippen LogP contribution in [0.5, 0.6) is 0 Å². The topological polar surface area (TPSA) is 43.4 Å². The number of rotatable bonds is 2. The number of allylic oxidation sites excluding steroid dienone is 1. The van der Waals surface area contributed by atoms with Gasteiger partial charge in [0.1, 0.15) is 0 Å². The first-order valence-corrected chi connectivity index (χ1v) is 6.35. The molecular formula is C9H14O3S. The van der Waals surface area contributed by atoms with Crippen molar-refractivity contribution in [2.45, 2.75) is 19.4 Å². The highest BCUT2D eigenvalue weighted by molar-refractivity contribution is 7.86. The Morgan fingerprint density at radius 2 is 1.92 bits per heavy atom. The second kappa shape index (κ2) is 2.82. The molecule has 2 aliphatic rings. The highest BCUT2D eigenvalue weighted by Gasteiger charge is 2.44. The predicted octanol–water partition coefficient (Wildman–Crippen LogP) is 1.17. The van der Waals surface area contributed by atoms with Gasteiger partial charge in [-0.05, 0) is 18.3 Å². The van der Waals surface area contributed by atoms with E-state index in [1.54, 1.807) is 0 Å². The third-order valence-electron chi connectivity index (χ3n) is 3.05. The van der Waals surface area contributed by atoms with E-state index in [1.165, 1.54) is 0 Å². The van der Waals surface area contributed by atoms with Crippen LogP contribution in [0.25, 0.3) is 0 Å². The standard InChI is InChI=1S/C9H14O3S/c1-6-7-3-4-8(5-7)9(6)12-13(2,10)11/h3-4,6-9H,5H2,1-2H3. The molecule has 0 aromatic carbocycles. The molecule has 74 valence electrons. The largest absolute Gasteiger partial charge is 0.266 e. The van der Waals surface area contributed by atoms with Gasteiger partial charge in [0.05, 0.1) is 12.4 Å². The van der Waals surface area contributed by atoms with Crippen molar-refractivity contribution < 1.29 is 12.6 Å². The van der Waals surface area contributed by atoms with E-state index in [2.05, 4.69) is 19.1 Å². The average Bonchev–Trinajstić information content (AvgIpc) is 2.51. The summed E-state index contributed by atoms with van der Waals surface area (Å²) in [5.74, 6) is 1.18. The lowest BCUT2D eigenvalue weighted by Gasteiger charge is -2.23. The normalized spacial score (nSPS) is 42.9. The fourth-order valence-electron chi connectivity index (χ4n) is 2.38. The van der Waals surface area contributed by atoms with Crippen LogP contribution in [0.15, 0.2) is 12.2 Å². The Kier molecular flexibility index (Phi) is 2.00. The molecule has 0 aliphatic heterocycles. The summed E-state index contributed by atoms with van der Waals surface area (Å²) in [4.78, 5) is 0. The lowest BCUT2D eigenvalue weighted by molar-refractivity contribution is 0.139. The molecule has 0 aromatic heterocycles. The lowest BCUT2D eigenvalue weighted by Crippen LogP contribution is -2.28. The van der Waals surface area contributed by atoms with Crippen molar-refractivity contribution in [2.24, 2.45) is 17.8 Å². The minimum Gasteiger partial charge on any atom is -0.266 e. The number of hydrogen-bond donors (Lipinski definition) is 0. The predicted molar refractivity (Wildman–Crippen MR) is 49.6 cm³/mol. The number of fused-ring (bicyclic) bond motifs is 2. The summed E-state index contributed by atoms with van der Waals surface area (Å²) < 4.78 is 27.0. The zero-order valence-corrected chi connectivity index (χ0v) is 8.62. The van der Waals surface area contributed by atoms with Crippen LogP contribution < -0.4 is 0 Å². The molecule has 2 rings (SSSR count). The van der Waals surface area contributed by atoms with Gasteiger partial charge < -0.3 is 0 Å². The van der Waals surface area contributed by atoms with Crippen LogP contribution >= 0.6 is 0 Å². The zero-order valence-electron chi connectivity index (χ0n) is 7.80. The van der Waals surface area contributed by atoms with Crippen LogP contribution in [0.4, 0.5) is 0 Å². The second-order valence-electron chi connectivity index (χ2n) is 4.07. The fourth-order valence-corrected chi connectivity index (χ4v) is 3.11. The Morgan fingerprint density at radius 1 is 1.31 bits per heavy atom. The molecule has 4 unspecified atom stereocenters. The first-order chi connectivity index (χ1) is 5.97. The Labute approximate surface area is 78.9 Å². The van der Waals surface area contributed by atoms with Crippen LogP contribution in [0.2, 0.25) is 0 Å². The Hall–Kier alpha value is -0.350. The van der Waals surface area contributed by atoms with Gasteiger partial charge in [-0.15, -0.1) is 0 Å². The van der Waals surface area contributed by atoms with Crippen LogP contribution in [0.1, 0.15) is 13.3 Å². The number of hydrogen-bond acceptors (Lipinski definition) is 3. The van der Waals surface area contributed by atoms with E-state index in [4.69, 9.17) is 4.18 Å². The van der Waals surface area contributed by atoms with Gasteiger partial charge in [0.25, 0.3) is 10.1 Å². The van der Waals surface area contributed by atoms with Gasteiger partial charge in [-0.3, -0.25) is 4.18 Å². The molecule has 0 aromatic rings. The van der Waals surface area contributed by atoms with Gasteiger partial charge in [0.2, 0.25) is 0 Å². The molecule has 13 heavy (non-hydrogen) atoms. The average molecular weight is 202 g/mol. The van der Waals surface area contributed by atoms with Gasteiger partial charge >= 0.3 is 0 Å². The summed E-state index contributed by atoms with van der Waals surface area (Å²) in [6, 6.07) is 0. The highest BCUT2D eigenvalue weighted by atomic mass is 32.2. The quantitative estimate of drug-likeness (QED) is 0.499. The van der Waals surface area contributed by atoms with E-state index in [1.807, 2.05) is 0 Å². The Bertz CT molecular complexity index is 331. The van der Waals surface area contributed by atoms with Crippen LogP contribution in [0.3, 0.4) is 0 Å². The summed E-state index contributed by atoms with van der Waals surface area (Å²) in [6.45, 7) is 2.06. The molecule has 0 spiro atoms. The van der Waals surface area contributed by atoms with Crippen molar-refractivity contribution in [1.82, 2.24) is 0 Å². The van der Waals surface area contributed by atoms with E-state index < -0.39 is 10.1 Å². The van der Waals surface area contributed by atoms with E-state index in [0.717, 1.165) is 12.7 Å². The molecular weight excluding hydrogens is 188 g/mol. The zero-order chi connectivity index (χ0) is 9.64. The van der Waals surface area contributed by atoms with Crippen LogP contribution in [-0.2, 0) is 14.3 Å². The van der Waals surface area contributed by atoms with Gasteiger partial charge in [-0.2, -0.15) is 8.42 Å². The van der Waals surface area contributed by atoms with E-state index in [0.29, 0.717) is 17.8 Å². The molecule has 1 saturated carbocycles. The molecule has 3 nitrogen and oxygen atoms in total. The summed E-state index contributed by atoms with van der Waals surface area (Å²) in [5.41, 5.74) is 0. The smallest absolute Gasteiger partial charge is 0.264 e. The maximum atomic E-state index is 11.0. The third kappa shape index (κ3) is 1.65. The van der Waals surface area contributed by atoms with E-state index in [-0.39, 0.29) is 6.10 Å². The van der Waals surface area contributed by atoms with Crippen molar-refractivity contribution in [3.63, 3.8) is 0 Å². The van der Waals surface area contributed by atoms with Crippen LogP contribution in [0, 0.1) is 17.8 Å². The Balaban J connectivity index is 2.14. The minimum atomic E-state index is -3.30. The van der Waals surface area contributed by atoms with Gasteiger partial charge in [0, 0.05) is 5.92 Å². The summed E-state index contributed by atoms with van der Waals surface area (Å²) in [7, 11) is -3.30. The lowest BCUT2D eigenvalue weighted by atomic mass is 9.93. The van der Waals surface area contributed by atoms with Crippen molar-refractivity contribution in [3.05, 3.63) is 12.2 Å². The van der Waals surface area contributed by atoms with Crippen molar-refractivity contribution >= 4 is 10.1 Å². The molecule has 2 aliphatic carbocycles. The maximum Gasteiger partial charge on any atom is 0.264 e. The molecule has 1 fully saturated rings. The minimum absolute atomic E-state index is 0.120. The van der Waals surface area contributed by atoms with E-state index in [9.17, 15) is 8.42 Å². The molecule has 4 heteroatoms. The maximum absolute atomic E-state index is 11.0. The molecule has 0 N–H and O–H groups in total. The third-order valence-corrected chi connectivity index (χ3v) is 3.62.